The molecule has 0 heterocycles. The minimum atomic E-state index is -0.103. The van der Waals surface area contributed by atoms with Gasteiger partial charge < -0.3 is 5.32 Å². The van der Waals surface area contributed by atoms with E-state index in [0.717, 1.165) is 12.8 Å². The Morgan fingerprint density at radius 2 is 2.07 bits per heavy atom. The van der Waals surface area contributed by atoms with E-state index in [1.54, 1.807) is 12.1 Å². The van der Waals surface area contributed by atoms with Crippen LogP contribution in [0.2, 0.25) is 0 Å². The van der Waals surface area contributed by atoms with Crippen molar-refractivity contribution in [1.29, 1.82) is 0 Å². The second kappa shape index (κ2) is 3.06. The average Bonchev–Trinajstić information content (AvgIpc) is 2.90. The third-order valence-corrected chi connectivity index (χ3v) is 3.20. The summed E-state index contributed by atoms with van der Waals surface area (Å²) in [4.78, 5) is 0. The zero-order valence-corrected chi connectivity index (χ0v) is 8.09. The number of nitrogens with one attached hydrogen (secondary N) is 1. The fourth-order valence-electron chi connectivity index (χ4n) is 2.28. The summed E-state index contributed by atoms with van der Waals surface area (Å²) in [6.07, 6.45) is 4.82. The van der Waals surface area contributed by atoms with Crippen molar-refractivity contribution in [1.82, 2.24) is 5.32 Å². The van der Waals surface area contributed by atoms with Crippen LogP contribution in [-0.4, -0.2) is 6.04 Å². The van der Waals surface area contributed by atoms with E-state index < -0.39 is 0 Å². The molecule has 2 aliphatic rings. The highest BCUT2D eigenvalue weighted by atomic mass is 19.1. The molecule has 0 aliphatic heterocycles. The van der Waals surface area contributed by atoms with Gasteiger partial charge in [-0.05, 0) is 48.9 Å². The molecular formula is C12H14FN. The predicted octanol–water partition coefficient (Wildman–Crippen LogP) is 2.57. The maximum absolute atomic E-state index is 13.1. The van der Waals surface area contributed by atoms with E-state index >= 15 is 0 Å². The minimum Gasteiger partial charge on any atom is -0.307 e. The van der Waals surface area contributed by atoms with Crippen molar-refractivity contribution < 1.29 is 4.39 Å². The molecule has 1 unspecified atom stereocenters. The van der Waals surface area contributed by atoms with Crippen molar-refractivity contribution in [2.75, 3.05) is 0 Å². The Bertz CT molecular complexity index is 357. The lowest BCUT2D eigenvalue weighted by Gasteiger charge is -2.12. The molecule has 1 aromatic carbocycles. The molecule has 74 valence electrons. The first kappa shape index (κ1) is 8.42. The van der Waals surface area contributed by atoms with Gasteiger partial charge in [0.25, 0.3) is 0 Å². The van der Waals surface area contributed by atoms with Gasteiger partial charge in [0.05, 0.1) is 0 Å². The first-order valence-corrected chi connectivity index (χ1v) is 5.37. The van der Waals surface area contributed by atoms with Gasteiger partial charge in [-0.1, -0.05) is 6.07 Å². The molecule has 0 spiro atoms. The molecule has 1 fully saturated rings. The number of hydrogen-bond acceptors (Lipinski definition) is 1. The van der Waals surface area contributed by atoms with Crippen LogP contribution in [0, 0.1) is 5.82 Å². The quantitative estimate of drug-likeness (QED) is 0.757. The summed E-state index contributed by atoms with van der Waals surface area (Å²) in [6.45, 7) is 0. The molecule has 0 saturated heterocycles. The molecule has 0 bridgehead atoms. The molecule has 2 aliphatic carbocycles. The first-order chi connectivity index (χ1) is 6.83. The van der Waals surface area contributed by atoms with Gasteiger partial charge in [0, 0.05) is 12.1 Å². The Balaban J connectivity index is 1.87. The zero-order chi connectivity index (χ0) is 9.54. The van der Waals surface area contributed by atoms with Crippen LogP contribution in [-0.2, 0) is 6.42 Å². The number of halogens is 1. The number of fused-ring (bicyclic) bond motifs is 1. The number of benzene rings is 1. The van der Waals surface area contributed by atoms with Crippen molar-refractivity contribution >= 4 is 0 Å². The lowest BCUT2D eigenvalue weighted by atomic mass is 10.1. The Kier molecular flexibility index (Phi) is 1.84. The Labute approximate surface area is 83.3 Å². The van der Waals surface area contributed by atoms with Crippen LogP contribution >= 0.6 is 0 Å². The third kappa shape index (κ3) is 1.44. The Morgan fingerprint density at radius 1 is 1.21 bits per heavy atom. The summed E-state index contributed by atoms with van der Waals surface area (Å²) >= 11 is 0. The lowest BCUT2D eigenvalue weighted by Crippen LogP contribution is -2.21. The van der Waals surface area contributed by atoms with E-state index in [9.17, 15) is 4.39 Å². The number of aryl methyl sites for hydroxylation is 1. The van der Waals surface area contributed by atoms with Crippen LogP contribution < -0.4 is 5.32 Å². The zero-order valence-electron chi connectivity index (χ0n) is 8.09. The molecule has 3 rings (SSSR count). The number of rotatable bonds is 2. The maximum atomic E-state index is 13.1. The highest BCUT2D eigenvalue weighted by molar-refractivity contribution is 5.35. The van der Waals surface area contributed by atoms with Crippen molar-refractivity contribution in [2.45, 2.75) is 37.8 Å². The third-order valence-electron chi connectivity index (χ3n) is 3.20. The van der Waals surface area contributed by atoms with Crippen molar-refractivity contribution in [3.05, 3.63) is 35.1 Å². The summed E-state index contributed by atoms with van der Waals surface area (Å²) < 4.78 is 13.1. The van der Waals surface area contributed by atoms with Gasteiger partial charge in [-0.25, -0.2) is 4.39 Å². The van der Waals surface area contributed by atoms with E-state index in [1.165, 1.54) is 24.0 Å². The van der Waals surface area contributed by atoms with E-state index in [0.29, 0.717) is 12.1 Å². The standard InChI is InChI=1S/C12H14FN/c13-9-3-1-8-2-6-12(11(8)7-9)14-10-4-5-10/h1,3,7,10,12,14H,2,4-6H2. The predicted molar refractivity (Wildman–Crippen MR) is 53.6 cm³/mol. The van der Waals surface area contributed by atoms with Crippen LogP contribution in [0.3, 0.4) is 0 Å². The van der Waals surface area contributed by atoms with Crippen LogP contribution in [0.4, 0.5) is 4.39 Å². The second-order valence-electron chi connectivity index (χ2n) is 4.38. The van der Waals surface area contributed by atoms with Gasteiger partial charge in [0.2, 0.25) is 0 Å². The van der Waals surface area contributed by atoms with Gasteiger partial charge in [0.1, 0.15) is 5.82 Å². The van der Waals surface area contributed by atoms with Gasteiger partial charge in [-0.15, -0.1) is 0 Å². The van der Waals surface area contributed by atoms with Crippen LogP contribution in [0.1, 0.15) is 36.4 Å². The highest BCUT2D eigenvalue weighted by Gasteiger charge is 2.29. The molecule has 0 radical (unpaired) electrons. The molecule has 1 atom stereocenters. The first-order valence-electron chi connectivity index (χ1n) is 5.37. The molecule has 1 N–H and O–H groups in total. The smallest absolute Gasteiger partial charge is 0.123 e. The van der Waals surface area contributed by atoms with Crippen LogP contribution in [0.15, 0.2) is 18.2 Å². The van der Waals surface area contributed by atoms with Crippen LogP contribution in [0.25, 0.3) is 0 Å². The molecular weight excluding hydrogens is 177 g/mol. The fourth-order valence-corrected chi connectivity index (χ4v) is 2.28. The molecule has 1 saturated carbocycles. The molecule has 0 aromatic heterocycles. The largest absolute Gasteiger partial charge is 0.307 e. The molecule has 14 heavy (non-hydrogen) atoms. The normalized spacial score (nSPS) is 25.1. The van der Waals surface area contributed by atoms with E-state index in [2.05, 4.69) is 5.32 Å². The van der Waals surface area contributed by atoms with Gasteiger partial charge >= 0.3 is 0 Å². The second-order valence-corrected chi connectivity index (χ2v) is 4.38. The summed E-state index contributed by atoms with van der Waals surface area (Å²) in [5.41, 5.74) is 2.52. The van der Waals surface area contributed by atoms with Crippen molar-refractivity contribution in [3.63, 3.8) is 0 Å². The molecule has 1 aromatic rings. The van der Waals surface area contributed by atoms with E-state index in [4.69, 9.17) is 0 Å². The summed E-state index contributed by atoms with van der Waals surface area (Å²) in [5.74, 6) is -0.103. The monoisotopic (exact) mass is 191 g/mol. The lowest BCUT2D eigenvalue weighted by molar-refractivity contribution is 0.524. The Hall–Kier alpha value is -0.890. The fraction of sp³-hybridized carbons (Fsp3) is 0.500. The van der Waals surface area contributed by atoms with Gasteiger partial charge in [0.15, 0.2) is 0 Å². The summed E-state index contributed by atoms with van der Waals surface area (Å²) in [7, 11) is 0. The molecule has 1 nitrogen and oxygen atoms in total. The van der Waals surface area contributed by atoms with E-state index in [-0.39, 0.29) is 5.82 Å². The number of hydrogen-bond donors (Lipinski definition) is 1. The highest BCUT2D eigenvalue weighted by Crippen LogP contribution is 2.34. The van der Waals surface area contributed by atoms with Crippen molar-refractivity contribution in [2.24, 2.45) is 0 Å². The SMILES string of the molecule is Fc1ccc2c(c1)C(NC1CC1)CC2. The average molecular weight is 191 g/mol. The minimum absolute atomic E-state index is 0.103. The summed E-state index contributed by atoms with van der Waals surface area (Å²) in [5, 5.41) is 3.57. The molecule has 0 amide bonds. The maximum Gasteiger partial charge on any atom is 0.123 e. The van der Waals surface area contributed by atoms with E-state index in [1.807, 2.05) is 6.07 Å². The van der Waals surface area contributed by atoms with Crippen LogP contribution in [0.5, 0.6) is 0 Å². The van der Waals surface area contributed by atoms with Gasteiger partial charge in [-0.2, -0.15) is 0 Å². The molecule has 2 heteroatoms. The van der Waals surface area contributed by atoms with Gasteiger partial charge in [-0.3, -0.25) is 0 Å². The summed E-state index contributed by atoms with van der Waals surface area (Å²) in [6, 6.07) is 6.31. The topological polar surface area (TPSA) is 12.0 Å². The Morgan fingerprint density at radius 3 is 2.86 bits per heavy atom. The van der Waals surface area contributed by atoms with Crippen molar-refractivity contribution in [3.8, 4) is 0 Å².